The Bertz CT molecular complexity index is 2220. The summed E-state index contributed by atoms with van der Waals surface area (Å²) in [6.07, 6.45) is 11.7. The summed E-state index contributed by atoms with van der Waals surface area (Å²) >= 11 is 0. The fraction of sp³-hybridized carbons (Fsp3) is 0.667. The number of nitrogens with one attached hydrogen (secondary N) is 4. The molecule has 4 aliphatic rings. The maximum absolute atomic E-state index is 13.6. The lowest BCUT2D eigenvalue weighted by Crippen LogP contribution is -2.53. The molecule has 4 fully saturated rings. The van der Waals surface area contributed by atoms with Crippen LogP contribution >= 0.6 is 0 Å². The van der Waals surface area contributed by atoms with Crippen LogP contribution in [0.3, 0.4) is 0 Å². The minimum absolute atomic E-state index is 0.0102. The molecule has 1 aromatic carbocycles. The van der Waals surface area contributed by atoms with Crippen LogP contribution in [0.4, 0.5) is 15.3 Å². The van der Waals surface area contributed by atoms with E-state index in [1.165, 1.54) is 0 Å². The average molecular weight is 1080 g/mol. The minimum atomic E-state index is -0.888. The van der Waals surface area contributed by atoms with Gasteiger partial charge in [-0.05, 0) is 100 Å². The number of ether oxygens (including phenoxy) is 4. The van der Waals surface area contributed by atoms with Crippen molar-refractivity contribution >= 4 is 47.2 Å². The predicted octanol–water partition coefficient (Wildman–Crippen LogP) is 5.17. The Morgan fingerprint density at radius 1 is 0.935 bits per heavy atom. The number of urea groups is 1. The number of ketones is 1. The van der Waals surface area contributed by atoms with Gasteiger partial charge in [0.05, 0.1) is 43.4 Å². The number of anilines is 1. The van der Waals surface area contributed by atoms with Gasteiger partial charge in [0.15, 0.2) is 5.78 Å². The van der Waals surface area contributed by atoms with Gasteiger partial charge >= 0.3 is 12.1 Å². The Morgan fingerprint density at radius 2 is 1.64 bits per heavy atom. The number of carbonyl (C=O) groups excluding carboxylic acids is 7. The average Bonchev–Trinajstić information content (AvgIpc) is 4.23. The number of rotatable bonds is 27. The molecule has 1 aromatic rings. The number of epoxide rings is 1. The van der Waals surface area contributed by atoms with Crippen LogP contribution in [0.5, 0.6) is 0 Å². The van der Waals surface area contributed by atoms with Crippen LogP contribution in [-0.2, 0) is 49.5 Å². The molecule has 20 nitrogen and oxygen atoms in total. The van der Waals surface area contributed by atoms with Crippen LogP contribution in [0.15, 0.2) is 60.2 Å². The molecular formula is C57H88N8O12. The van der Waals surface area contributed by atoms with E-state index in [0.29, 0.717) is 69.1 Å². The molecular weight excluding hydrogens is 989 g/mol. The van der Waals surface area contributed by atoms with Crippen LogP contribution in [0.25, 0.3) is 0 Å². The zero-order chi connectivity index (χ0) is 56.2. The maximum Gasteiger partial charge on any atom is 0.410 e. The molecule has 0 saturated carbocycles. The van der Waals surface area contributed by atoms with E-state index in [2.05, 4.69) is 34.3 Å². The number of piperazine rings is 1. The van der Waals surface area contributed by atoms with Gasteiger partial charge in [-0.15, -0.1) is 0 Å². The topological polar surface area (TPSA) is 287 Å². The molecule has 77 heavy (non-hydrogen) atoms. The van der Waals surface area contributed by atoms with Crippen molar-refractivity contribution in [2.24, 2.45) is 35.1 Å². The van der Waals surface area contributed by atoms with Crippen LogP contribution in [-0.4, -0.2) is 151 Å². The molecule has 0 aromatic heterocycles. The first-order valence-corrected chi connectivity index (χ1v) is 27.8. The zero-order valence-corrected chi connectivity index (χ0v) is 46.5. The molecule has 1 spiro atoms. The van der Waals surface area contributed by atoms with Crippen molar-refractivity contribution in [3.63, 3.8) is 0 Å². The second-order valence-electron chi connectivity index (χ2n) is 22.1. The Morgan fingerprint density at radius 3 is 2.29 bits per heavy atom. The quantitative estimate of drug-likeness (QED) is 0.0260. The summed E-state index contributed by atoms with van der Waals surface area (Å²) in [6, 6.07) is 5.26. The molecule has 5 rings (SSSR count). The molecule has 0 aliphatic carbocycles. The van der Waals surface area contributed by atoms with Crippen LogP contribution < -0.4 is 32.7 Å². The van der Waals surface area contributed by atoms with Crippen LogP contribution in [0.2, 0.25) is 0 Å². The molecule has 0 radical (unpaired) electrons. The van der Waals surface area contributed by atoms with E-state index in [1.54, 1.807) is 40.1 Å². The van der Waals surface area contributed by atoms with Gasteiger partial charge in [0.1, 0.15) is 24.4 Å². The van der Waals surface area contributed by atoms with Gasteiger partial charge in [0.25, 0.3) is 0 Å². The maximum atomic E-state index is 13.6. The number of Topliss-reactive ketones (excluding diaryl/α,β-unsaturated/α-hetero) is 1. The van der Waals surface area contributed by atoms with Gasteiger partial charge in [-0.2, -0.15) is 0 Å². The number of hydrogen-bond acceptors (Lipinski definition) is 13. The molecule has 0 bridgehead atoms. The summed E-state index contributed by atoms with van der Waals surface area (Å²) in [5.41, 5.74) is 12.1. The standard InChI is InChI=1S/C57H88N8O12/c1-36(2)14-23-50(68)62-45-30-39(6)47(76-40(45)7)21-15-38(5)16-22-48-53(70)57(35-75-57)33-44(77-48)32-51(69)64-26-28-65(29-27-64)56(73)74-34-41-17-19-43(20-18-41)61-54(71)42(12-11-25-60-55(59)72)31-46(66)52(37(3)4)63-49(67)13-9-8-10-24-58/h14-20,22-23,36-37,39-40,42,44-45,47-48,52-53,70H,8-13,21,24-35,58H2,1-7H3,(H,61,71)(H,62,68)(H,63,67)(H3,59,60,72)/b22-16+,23-14-,38-15+/t39-,40+,42+,44+,45+,47-,48+,52-,53+,57+/m0/s1. The summed E-state index contributed by atoms with van der Waals surface area (Å²) in [5, 5.41) is 22.6. The summed E-state index contributed by atoms with van der Waals surface area (Å²) in [7, 11) is 0. The summed E-state index contributed by atoms with van der Waals surface area (Å²) in [6.45, 7) is 16.2. The number of aliphatic hydroxyl groups is 1. The van der Waals surface area contributed by atoms with E-state index in [0.717, 1.165) is 24.8 Å². The number of carbonyl (C=O) groups is 7. The molecule has 4 heterocycles. The van der Waals surface area contributed by atoms with Gasteiger partial charge in [-0.1, -0.05) is 83.0 Å². The molecule has 428 valence electrons. The predicted molar refractivity (Wildman–Crippen MR) is 292 cm³/mol. The second-order valence-corrected chi connectivity index (χ2v) is 22.1. The Labute approximate surface area is 455 Å². The molecule has 4 aliphatic heterocycles. The smallest absolute Gasteiger partial charge is 0.410 e. The number of benzene rings is 1. The second kappa shape index (κ2) is 30.5. The highest BCUT2D eigenvalue weighted by atomic mass is 16.6. The molecule has 7 amide bonds. The normalized spacial score (nSPS) is 25.4. The van der Waals surface area contributed by atoms with Crippen LogP contribution in [0, 0.1) is 23.7 Å². The van der Waals surface area contributed by atoms with Gasteiger partial charge in [0.2, 0.25) is 23.6 Å². The lowest BCUT2D eigenvalue weighted by Gasteiger charge is -2.39. The van der Waals surface area contributed by atoms with Crippen molar-refractivity contribution in [3.8, 4) is 0 Å². The number of hydrogen-bond donors (Lipinski definition) is 7. The summed E-state index contributed by atoms with van der Waals surface area (Å²) < 4.78 is 24.1. The molecule has 4 saturated heterocycles. The third-order valence-electron chi connectivity index (χ3n) is 14.8. The number of nitrogens with two attached hydrogens (primary N) is 2. The van der Waals surface area contributed by atoms with Gasteiger partial charge < -0.3 is 66.6 Å². The van der Waals surface area contributed by atoms with E-state index >= 15 is 0 Å². The van der Waals surface area contributed by atoms with Crippen molar-refractivity contribution in [2.75, 3.05) is 51.2 Å². The number of primary amides is 1. The minimum Gasteiger partial charge on any atom is -0.445 e. The Kier molecular flexibility index (Phi) is 24.6. The summed E-state index contributed by atoms with van der Waals surface area (Å²) in [4.78, 5) is 93.6. The SMILES string of the molecule is CC(/C=C/[C@H]1O[C@H](CC(=O)N2CCN(C(=O)OCc3ccc(NC(=O)[C@H](CCCNC(N)=O)CC(=O)[C@@H](NC(=O)CCCCCN)C(C)C)cc3)CC2)C[C@@]2(CO2)[C@@H]1O)=C\C[C@@H]1O[C@H](C)[C@H](NC(=O)/C=C\C(C)C)C[C@@H]1C. The fourth-order valence-corrected chi connectivity index (χ4v) is 10.00. The largest absolute Gasteiger partial charge is 0.445 e. The number of nitrogens with zero attached hydrogens (tertiary/aromatic N) is 2. The number of allylic oxidation sites excluding steroid dienone is 3. The lowest BCUT2D eigenvalue weighted by molar-refractivity contribution is -0.152. The monoisotopic (exact) mass is 1080 g/mol. The third-order valence-corrected chi connectivity index (χ3v) is 14.8. The molecule has 20 heteroatoms. The van der Waals surface area contributed by atoms with Crippen molar-refractivity contribution < 1.29 is 57.6 Å². The third kappa shape index (κ3) is 20.3. The van der Waals surface area contributed by atoms with Crippen molar-refractivity contribution in [3.05, 3.63) is 65.8 Å². The first-order valence-electron chi connectivity index (χ1n) is 27.8. The highest BCUT2D eigenvalue weighted by Gasteiger charge is 2.58. The number of aliphatic hydroxyl groups excluding tert-OH is 1. The highest BCUT2D eigenvalue weighted by molar-refractivity contribution is 5.97. The highest BCUT2D eigenvalue weighted by Crippen LogP contribution is 2.43. The Hall–Kier alpha value is -5.67. The number of amides is 7. The molecule has 10 atom stereocenters. The van der Waals surface area contributed by atoms with Crippen molar-refractivity contribution in [2.45, 2.75) is 174 Å². The molecule has 9 N–H and O–H groups in total. The van der Waals surface area contributed by atoms with Gasteiger partial charge in [-0.25, -0.2) is 9.59 Å². The zero-order valence-electron chi connectivity index (χ0n) is 46.5. The van der Waals surface area contributed by atoms with E-state index in [4.69, 9.17) is 30.4 Å². The van der Waals surface area contributed by atoms with E-state index in [9.17, 15) is 38.7 Å². The lowest BCUT2D eigenvalue weighted by atomic mass is 9.87. The van der Waals surface area contributed by atoms with E-state index < -0.39 is 53.9 Å². The summed E-state index contributed by atoms with van der Waals surface area (Å²) in [5.74, 6) is -1.55. The Balaban J connectivity index is 1.05. The van der Waals surface area contributed by atoms with E-state index in [-0.39, 0.29) is 106 Å². The van der Waals surface area contributed by atoms with Crippen molar-refractivity contribution in [1.29, 1.82) is 0 Å². The molecule has 0 unspecified atom stereocenters. The fourth-order valence-electron chi connectivity index (χ4n) is 10.00. The first kappa shape index (κ1) is 62.2. The van der Waals surface area contributed by atoms with E-state index in [1.807, 2.05) is 59.8 Å². The first-order chi connectivity index (χ1) is 36.7. The number of unbranched alkanes of at least 4 members (excludes halogenated alkanes) is 2. The van der Waals surface area contributed by atoms with Gasteiger partial charge in [-0.3, -0.25) is 24.0 Å². The van der Waals surface area contributed by atoms with Crippen LogP contribution in [0.1, 0.15) is 125 Å². The van der Waals surface area contributed by atoms with Crippen molar-refractivity contribution in [1.82, 2.24) is 25.8 Å². The van der Waals surface area contributed by atoms with Gasteiger partial charge in [0, 0.05) is 63.6 Å².